The van der Waals surface area contributed by atoms with Crippen molar-refractivity contribution in [2.24, 2.45) is 5.92 Å². The molecule has 0 aromatic heterocycles. The molecule has 3 nitrogen and oxygen atoms in total. The highest BCUT2D eigenvalue weighted by atomic mass is 79.9. The van der Waals surface area contributed by atoms with Crippen molar-refractivity contribution in [3.63, 3.8) is 0 Å². The molecule has 0 saturated carbocycles. The van der Waals surface area contributed by atoms with Crippen molar-refractivity contribution >= 4 is 27.5 Å². The molecule has 0 radical (unpaired) electrons. The van der Waals surface area contributed by atoms with E-state index in [9.17, 15) is 4.79 Å². The van der Waals surface area contributed by atoms with E-state index >= 15 is 0 Å². The molecule has 4 heteroatoms. The van der Waals surface area contributed by atoms with Crippen molar-refractivity contribution in [3.8, 4) is 6.07 Å². The average Bonchev–Trinajstić information content (AvgIpc) is 2.27. The summed E-state index contributed by atoms with van der Waals surface area (Å²) >= 11 is 3.47. The Morgan fingerprint density at radius 1 is 1.47 bits per heavy atom. The maximum absolute atomic E-state index is 11.7. The van der Waals surface area contributed by atoms with Crippen LogP contribution >= 0.6 is 15.9 Å². The normalized spacial score (nSPS) is 11.7. The zero-order valence-corrected chi connectivity index (χ0v) is 11.8. The smallest absolute Gasteiger partial charge is 0.241 e. The van der Waals surface area contributed by atoms with Gasteiger partial charge in [0.2, 0.25) is 5.91 Å². The van der Waals surface area contributed by atoms with Gasteiger partial charge >= 0.3 is 0 Å². The molecule has 0 bridgehead atoms. The molecule has 1 N–H and O–H groups in total. The number of nitrogens with one attached hydrogen (secondary N) is 1. The van der Waals surface area contributed by atoms with Gasteiger partial charge in [-0.05, 0) is 43.5 Å². The summed E-state index contributed by atoms with van der Waals surface area (Å²) in [5, 5.41) is 11.6. The Kier molecular flexibility index (Phi) is 4.71. The predicted molar refractivity (Wildman–Crippen MR) is 71.6 cm³/mol. The highest BCUT2D eigenvalue weighted by Crippen LogP contribution is 2.25. The molecule has 0 aliphatic heterocycles. The van der Waals surface area contributed by atoms with Crippen LogP contribution in [-0.2, 0) is 4.79 Å². The number of nitriles is 1. The Labute approximate surface area is 110 Å². The summed E-state index contributed by atoms with van der Waals surface area (Å²) in [5.74, 6) is -0.824. The minimum Gasteiger partial charge on any atom is -0.325 e. The van der Waals surface area contributed by atoms with Gasteiger partial charge in [0.1, 0.15) is 5.92 Å². The van der Waals surface area contributed by atoms with Gasteiger partial charge in [0.05, 0.1) is 6.07 Å². The maximum atomic E-state index is 11.7. The molecule has 0 aliphatic carbocycles. The quantitative estimate of drug-likeness (QED) is 0.927. The second kappa shape index (κ2) is 5.83. The molecular weight excluding hydrogens is 280 g/mol. The van der Waals surface area contributed by atoms with E-state index in [1.807, 2.05) is 39.0 Å². The number of nitrogens with zero attached hydrogens (tertiary/aromatic N) is 1. The van der Waals surface area contributed by atoms with Crippen molar-refractivity contribution < 1.29 is 4.79 Å². The van der Waals surface area contributed by atoms with Crippen LogP contribution in [0.15, 0.2) is 16.6 Å². The summed E-state index contributed by atoms with van der Waals surface area (Å²) in [6, 6.07) is 5.77. The first-order valence-electron chi connectivity index (χ1n) is 5.46. The van der Waals surface area contributed by atoms with Gasteiger partial charge in [-0.2, -0.15) is 5.26 Å². The number of carbonyl (C=O) groups is 1. The van der Waals surface area contributed by atoms with Gasteiger partial charge in [-0.3, -0.25) is 4.79 Å². The van der Waals surface area contributed by atoms with Crippen molar-refractivity contribution in [1.82, 2.24) is 0 Å². The van der Waals surface area contributed by atoms with Crippen molar-refractivity contribution in [2.75, 3.05) is 5.32 Å². The van der Waals surface area contributed by atoms with Crippen LogP contribution in [-0.4, -0.2) is 5.91 Å². The number of halogens is 1. The summed E-state index contributed by atoms with van der Waals surface area (Å²) in [4.78, 5) is 11.7. The van der Waals surface area contributed by atoms with E-state index in [1.165, 1.54) is 0 Å². The average molecular weight is 295 g/mol. The Morgan fingerprint density at radius 2 is 2.00 bits per heavy atom. The Morgan fingerprint density at radius 3 is 2.41 bits per heavy atom. The van der Waals surface area contributed by atoms with Crippen LogP contribution in [0.1, 0.15) is 24.5 Å². The lowest BCUT2D eigenvalue weighted by Gasteiger charge is -2.11. The molecule has 17 heavy (non-hydrogen) atoms. The minimum absolute atomic E-state index is 0.240. The first-order chi connectivity index (χ1) is 7.99. The summed E-state index contributed by atoms with van der Waals surface area (Å²) in [6.45, 7) is 5.76. The van der Waals surface area contributed by atoms with E-state index in [0.29, 0.717) is 6.42 Å². The van der Waals surface area contributed by atoms with Crippen molar-refractivity contribution in [2.45, 2.75) is 27.2 Å². The van der Waals surface area contributed by atoms with E-state index in [1.54, 1.807) is 0 Å². The van der Waals surface area contributed by atoms with Gasteiger partial charge in [0, 0.05) is 10.2 Å². The molecule has 0 heterocycles. The zero-order chi connectivity index (χ0) is 13.0. The summed E-state index contributed by atoms with van der Waals surface area (Å²) in [6.07, 6.45) is 0.525. The number of hydrogen-bond donors (Lipinski definition) is 1. The molecule has 90 valence electrons. The van der Waals surface area contributed by atoms with Gasteiger partial charge in [-0.1, -0.05) is 22.9 Å². The summed E-state index contributed by atoms with van der Waals surface area (Å²) < 4.78 is 1.04. The van der Waals surface area contributed by atoms with Crippen molar-refractivity contribution in [1.29, 1.82) is 5.26 Å². The molecule has 0 saturated heterocycles. The third kappa shape index (κ3) is 3.31. The van der Waals surface area contributed by atoms with Crippen LogP contribution < -0.4 is 5.32 Å². The summed E-state index contributed by atoms with van der Waals surface area (Å²) in [7, 11) is 0. The fraction of sp³-hybridized carbons (Fsp3) is 0.385. The molecule has 1 aromatic carbocycles. The second-order valence-electron chi connectivity index (χ2n) is 4.00. The van der Waals surface area contributed by atoms with Gasteiger partial charge < -0.3 is 5.32 Å². The molecule has 0 aliphatic rings. The van der Waals surface area contributed by atoms with Crippen molar-refractivity contribution in [3.05, 3.63) is 27.7 Å². The highest BCUT2D eigenvalue weighted by molar-refractivity contribution is 9.10. The van der Waals surface area contributed by atoms with E-state index in [4.69, 9.17) is 5.26 Å². The van der Waals surface area contributed by atoms with E-state index < -0.39 is 5.92 Å². The maximum Gasteiger partial charge on any atom is 0.241 e. The molecule has 0 fully saturated rings. The first-order valence-corrected chi connectivity index (χ1v) is 6.26. The number of hydrogen-bond acceptors (Lipinski definition) is 2. The topological polar surface area (TPSA) is 52.9 Å². The molecular formula is C13H15BrN2O. The predicted octanol–water partition coefficient (Wildman–Crippen LogP) is 3.55. The Bertz CT molecular complexity index is 454. The van der Waals surface area contributed by atoms with Gasteiger partial charge in [-0.15, -0.1) is 0 Å². The Hall–Kier alpha value is -1.34. The van der Waals surface area contributed by atoms with Gasteiger partial charge in [0.15, 0.2) is 0 Å². The molecule has 1 aromatic rings. The molecule has 1 rings (SSSR count). The zero-order valence-electron chi connectivity index (χ0n) is 10.2. The second-order valence-corrected chi connectivity index (χ2v) is 4.80. The lowest BCUT2D eigenvalue weighted by atomic mass is 10.1. The first kappa shape index (κ1) is 13.7. The number of amides is 1. The standard InChI is InChI=1S/C13H15BrN2O/c1-4-10(7-15)13(17)16-11-5-8(2)12(14)9(3)6-11/h5-6,10H,4H2,1-3H3,(H,16,17). The lowest BCUT2D eigenvalue weighted by Crippen LogP contribution is -2.21. The Balaban J connectivity index is 2.90. The van der Waals surface area contributed by atoms with Crippen LogP contribution in [0, 0.1) is 31.1 Å². The molecule has 1 amide bonds. The fourth-order valence-corrected chi connectivity index (χ4v) is 1.81. The third-order valence-corrected chi connectivity index (χ3v) is 3.84. The van der Waals surface area contributed by atoms with Crippen LogP contribution in [0.3, 0.4) is 0 Å². The number of carbonyl (C=O) groups excluding carboxylic acids is 1. The number of anilines is 1. The van der Waals surface area contributed by atoms with E-state index in [-0.39, 0.29) is 5.91 Å². The SMILES string of the molecule is CCC(C#N)C(=O)Nc1cc(C)c(Br)c(C)c1. The number of rotatable bonds is 3. The molecule has 1 unspecified atom stereocenters. The lowest BCUT2D eigenvalue weighted by molar-refractivity contribution is -0.118. The van der Waals surface area contributed by atoms with Gasteiger partial charge in [-0.25, -0.2) is 0 Å². The van der Waals surface area contributed by atoms with Crippen LogP contribution in [0.5, 0.6) is 0 Å². The number of benzene rings is 1. The van der Waals surface area contributed by atoms with Crippen LogP contribution in [0.25, 0.3) is 0 Å². The minimum atomic E-state index is -0.584. The van der Waals surface area contributed by atoms with Crippen LogP contribution in [0.4, 0.5) is 5.69 Å². The third-order valence-electron chi connectivity index (χ3n) is 2.58. The number of aryl methyl sites for hydroxylation is 2. The summed E-state index contributed by atoms with van der Waals surface area (Å²) in [5.41, 5.74) is 2.86. The largest absolute Gasteiger partial charge is 0.325 e. The van der Waals surface area contributed by atoms with Crippen LogP contribution in [0.2, 0.25) is 0 Å². The van der Waals surface area contributed by atoms with Gasteiger partial charge in [0.25, 0.3) is 0 Å². The molecule has 1 atom stereocenters. The monoisotopic (exact) mass is 294 g/mol. The van der Waals surface area contributed by atoms with E-state index in [2.05, 4.69) is 21.2 Å². The van der Waals surface area contributed by atoms with E-state index in [0.717, 1.165) is 21.3 Å². The highest BCUT2D eigenvalue weighted by Gasteiger charge is 2.15. The fourth-order valence-electron chi connectivity index (χ4n) is 1.58. The molecule has 0 spiro atoms.